The maximum absolute atomic E-state index is 11.8. The number of aliphatic hydroxyl groups excluding tert-OH is 1. The van der Waals surface area contributed by atoms with E-state index in [1.807, 2.05) is 0 Å². The van der Waals surface area contributed by atoms with Gasteiger partial charge in [-0.3, -0.25) is 0 Å². The second-order valence-electron chi connectivity index (χ2n) is 5.77. The van der Waals surface area contributed by atoms with Crippen LogP contribution in [0.3, 0.4) is 0 Å². The van der Waals surface area contributed by atoms with Crippen LogP contribution in [-0.4, -0.2) is 42.7 Å². The van der Waals surface area contributed by atoms with E-state index in [9.17, 15) is 13.5 Å². The number of aromatic nitrogens is 2. The molecule has 1 aromatic heterocycles. The predicted octanol–water partition coefficient (Wildman–Crippen LogP) is 1.10. The van der Waals surface area contributed by atoms with E-state index in [4.69, 9.17) is 9.88 Å². The van der Waals surface area contributed by atoms with Crippen LogP contribution in [0.15, 0.2) is 34.2 Å². The first-order valence-electron chi connectivity index (χ1n) is 7.87. The Morgan fingerprint density at radius 1 is 1.42 bits per heavy atom. The van der Waals surface area contributed by atoms with Crippen molar-refractivity contribution in [1.29, 1.82) is 0 Å². The van der Waals surface area contributed by atoms with Gasteiger partial charge in [0.2, 0.25) is 16.0 Å². The highest BCUT2D eigenvalue weighted by atomic mass is 32.2. The highest BCUT2D eigenvalue weighted by molar-refractivity contribution is 7.89. The Hall–Kier alpha value is -2.08. The first-order valence-corrected chi connectivity index (χ1v) is 9.86. The summed E-state index contributed by atoms with van der Waals surface area (Å²) in [5.41, 5.74) is 0.545. The van der Waals surface area contributed by atoms with Crippen LogP contribution < -0.4 is 20.5 Å². The van der Waals surface area contributed by atoms with Gasteiger partial charge in [-0.15, -0.1) is 12.6 Å². The standard InChI is InChI=1S/C15H19N5O4S2/c16-26(22,23)13-4-3-9-6-11(13)24-5-1-2-10(8-21)18-14-12(25)7-17-15(19-9)20-14/h3-4,6-7,10,21,25H,1-2,5,8H2,(H2,16,22,23)(H2,17,18,19,20)/t10-/m0/s1. The second kappa shape index (κ2) is 7.66. The molecule has 1 aromatic carbocycles. The number of thiol groups is 1. The molecule has 1 aliphatic heterocycles. The molecule has 2 aromatic rings. The third-order valence-electron chi connectivity index (χ3n) is 3.79. The fourth-order valence-corrected chi connectivity index (χ4v) is 3.35. The first kappa shape index (κ1) is 18.7. The number of primary sulfonamides is 1. The van der Waals surface area contributed by atoms with E-state index < -0.39 is 10.0 Å². The third-order valence-corrected chi connectivity index (χ3v) is 5.07. The topological polar surface area (TPSA) is 139 Å². The van der Waals surface area contributed by atoms with Crippen molar-refractivity contribution < 1.29 is 18.3 Å². The third kappa shape index (κ3) is 4.36. The van der Waals surface area contributed by atoms with Gasteiger partial charge in [0, 0.05) is 18.0 Å². The molecular weight excluding hydrogens is 378 g/mol. The van der Waals surface area contributed by atoms with Gasteiger partial charge in [0.1, 0.15) is 16.5 Å². The molecule has 0 fully saturated rings. The summed E-state index contributed by atoms with van der Waals surface area (Å²) in [5, 5.41) is 20.9. The van der Waals surface area contributed by atoms with E-state index in [1.165, 1.54) is 18.3 Å². The normalized spacial score (nSPS) is 17.6. The van der Waals surface area contributed by atoms with Gasteiger partial charge in [0.25, 0.3) is 0 Å². The number of anilines is 3. The summed E-state index contributed by atoms with van der Waals surface area (Å²) >= 11 is 4.33. The van der Waals surface area contributed by atoms with Gasteiger partial charge in [-0.25, -0.2) is 18.5 Å². The summed E-state index contributed by atoms with van der Waals surface area (Å²) in [5.74, 6) is 0.929. The largest absolute Gasteiger partial charge is 0.492 e. The number of fused-ring (bicyclic) bond motifs is 4. The summed E-state index contributed by atoms with van der Waals surface area (Å²) in [7, 11) is -3.92. The Balaban J connectivity index is 2.02. The zero-order valence-electron chi connectivity index (χ0n) is 13.7. The number of rotatable bonds is 2. The van der Waals surface area contributed by atoms with Gasteiger partial charge in [0.15, 0.2) is 0 Å². The van der Waals surface area contributed by atoms with Crippen LogP contribution in [0.25, 0.3) is 0 Å². The molecule has 0 unspecified atom stereocenters. The molecule has 9 nitrogen and oxygen atoms in total. The summed E-state index contributed by atoms with van der Waals surface area (Å²) in [6, 6.07) is 4.20. The van der Waals surface area contributed by atoms with E-state index in [0.717, 1.165) is 0 Å². The molecule has 4 bridgehead atoms. The molecule has 11 heteroatoms. The second-order valence-corrected chi connectivity index (χ2v) is 7.79. The van der Waals surface area contributed by atoms with Crippen molar-refractivity contribution in [3.05, 3.63) is 24.4 Å². The number of nitrogens with one attached hydrogen (secondary N) is 2. The molecule has 26 heavy (non-hydrogen) atoms. The quantitative estimate of drug-likeness (QED) is 0.475. The Labute approximate surface area is 156 Å². The minimum Gasteiger partial charge on any atom is -0.492 e. The lowest BCUT2D eigenvalue weighted by atomic mass is 10.1. The fraction of sp³-hybridized carbons (Fsp3) is 0.333. The molecule has 0 radical (unpaired) electrons. The van der Waals surface area contributed by atoms with Crippen molar-refractivity contribution in [1.82, 2.24) is 9.97 Å². The lowest BCUT2D eigenvalue weighted by Crippen LogP contribution is -2.25. The van der Waals surface area contributed by atoms with E-state index in [0.29, 0.717) is 29.2 Å². The molecule has 0 aliphatic carbocycles. The molecule has 2 heterocycles. The van der Waals surface area contributed by atoms with Crippen molar-refractivity contribution in [2.75, 3.05) is 23.8 Å². The lowest BCUT2D eigenvalue weighted by molar-refractivity contribution is 0.250. The molecule has 0 saturated heterocycles. The number of nitrogens with two attached hydrogens (primary N) is 1. The number of aliphatic hydroxyl groups is 1. The highest BCUT2D eigenvalue weighted by Gasteiger charge is 2.18. The van der Waals surface area contributed by atoms with Gasteiger partial charge in [-0.1, -0.05) is 0 Å². The smallest absolute Gasteiger partial charge is 0.241 e. The molecule has 1 atom stereocenters. The van der Waals surface area contributed by atoms with E-state index >= 15 is 0 Å². The van der Waals surface area contributed by atoms with Crippen molar-refractivity contribution >= 4 is 40.1 Å². The Kier molecular flexibility index (Phi) is 5.51. The van der Waals surface area contributed by atoms with Gasteiger partial charge in [-0.2, -0.15) is 4.98 Å². The van der Waals surface area contributed by atoms with Crippen molar-refractivity contribution in [2.45, 2.75) is 28.7 Å². The zero-order chi connectivity index (χ0) is 18.7. The van der Waals surface area contributed by atoms with E-state index in [1.54, 1.807) is 6.07 Å². The number of hydrogen-bond donors (Lipinski definition) is 5. The molecule has 1 aliphatic rings. The van der Waals surface area contributed by atoms with Gasteiger partial charge in [0.05, 0.1) is 24.2 Å². The summed E-state index contributed by atoms with van der Waals surface area (Å²) < 4.78 is 29.1. The van der Waals surface area contributed by atoms with Crippen LogP contribution >= 0.6 is 12.6 Å². The number of sulfonamides is 1. The summed E-state index contributed by atoms with van der Waals surface area (Å²) in [4.78, 5) is 8.96. The van der Waals surface area contributed by atoms with Crippen molar-refractivity contribution in [3.63, 3.8) is 0 Å². The molecule has 0 spiro atoms. The molecular formula is C15H19N5O4S2. The highest BCUT2D eigenvalue weighted by Crippen LogP contribution is 2.29. The zero-order valence-corrected chi connectivity index (χ0v) is 15.4. The average molecular weight is 397 g/mol. The number of hydrogen-bond acceptors (Lipinski definition) is 9. The van der Waals surface area contributed by atoms with Crippen molar-refractivity contribution in [3.8, 4) is 5.75 Å². The summed E-state index contributed by atoms with van der Waals surface area (Å²) in [6.45, 7) is 0.164. The van der Waals surface area contributed by atoms with Gasteiger partial charge >= 0.3 is 0 Å². The Morgan fingerprint density at radius 2 is 2.23 bits per heavy atom. The molecule has 140 valence electrons. The van der Waals surface area contributed by atoms with Crippen LogP contribution in [0.2, 0.25) is 0 Å². The Bertz CT molecular complexity index is 907. The van der Waals surface area contributed by atoms with Gasteiger partial charge in [-0.05, 0) is 25.0 Å². The fourth-order valence-electron chi connectivity index (χ4n) is 2.52. The minimum atomic E-state index is -3.92. The monoisotopic (exact) mass is 397 g/mol. The first-order chi connectivity index (χ1) is 12.4. The van der Waals surface area contributed by atoms with Crippen LogP contribution in [-0.2, 0) is 10.0 Å². The SMILES string of the molecule is NS(=O)(=O)c1ccc2cc1OCCC[C@@H](CO)Nc1nc(ncc1S)N2. The molecule has 5 N–H and O–H groups in total. The Morgan fingerprint density at radius 3 is 2.96 bits per heavy atom. The van der Waals surface area contributed by atoms with Crippen LogP contribution in [0.1, 0.15) is 12.8 Å². The molecule has 3 rings (SSSR count). The van der Waals surface area contributed by atoms with E-state index in [2.05, 4.69) is 33.2 Å². The maximum atomic E-state index is 11.8. The average Bonchev–Trinajstić information content (AvgIpc) is 2.59. The summed E-state index contributed by atoms with van der Waals surface area (Å²) in [6.07, 6.45) is 2.70. The van der Waals surface area contributed by atoms with E-state index in [-0.39, 0.29) is 35.8 Å². The van der Waals surface area contributed by atoms with Gasteiger partial charge < -0.3 is 20.5 Å². The number of nitrogens with zero attached hydrogens (tertiary/aromatic N) is 2. The van der Waals surface area contributed by atoms with Crippen LogP contribution in [0, 0.1) is 0 Å². The van der Waals surface area contributed by atoms with Crippen molar-refractivity contribution in [2.24, 2.45) is 5.14 Å². The van der Waals surface area contributed by atoms with Crippen LogP contribution in [0.4, 0.5) is 17.5 Å². The maximum Gasteiger partial charge on any atom is 0.241 e. The number of benzene rings is 1. The lowest BCUT2D eigenvalue weighted by Gasteiger charge is -2.18. The predicted molar refractivity (Wildman–Crippen MR) is 99.6 cm³/mol. The minimum absolute atomic E-state index is 0.0953. The number of ether oxygens (including phenoxy) is 1. The molecule has 0 saturated carbocycles. The van der Waals surface area contributed by atoms with Crippen LogP contribution in [0.5, 0.6) is 5.75 Å². The molecule has 0 amide bonds.